The molecule has 1 aliphatic rings. The van der Waals surface area contributed by atoms with Crippen LogP contribution in [0.25, 0.3) is 10.9 Å². The summed E-state index contributed by atoms with van der Waals surface area (Å²) in [5.41, 5.74) is 3.68. The third-order valence-corrected chi connectivity index (χ3v) is 5.93. The van der Waals surface area contributed by atoms with Gasteiger partial charge in [-0.15, -0.1) is 0 Å². The summed E-state index contributed by atoms with van der Waals surface area (Å²) in [6, 6.07) is 12.7. The van der Waals surface area contributed by atoms with Crippen LogP contribution in [0, 0.1) is 12.7 Å². The first-order valence-corrected chi connectivity index (χ1v) is 10.1. The van der Waals surface area contributed by atoms with Crippen molar-refractivity contribution < 1.29 is 23.7 Å². The van der Waals surface area contributed by atoms with Gasteiger partial charge < -0.3 is 19.5 Å². The number of ketones is 1. The number of aromatic nitrogens is 1. The average molecular weight is 397 g/mol. The second kappa shape index (κ2) is 8.35. The molecular weight excluding hydrogens is 369 g/mol. The molecule has 1 fully saturated rings. The summed E-state index contributed by atoms with van der Waals surface area (Å²) in [5.74, 6) is 0.702. The molecule has 0 bridgehead atoms. The lowest BCUT2D eigenvalue weighted by molar-refractivity contribution is -1.01. The van der Waals surface area contributed by atoms with Gasteiger partial charge in [0.25, 0.3) is 0 Å². The first-order valence-electron chi connectivity index (χ1n) is 10.1. The number of ether oxygens (including phenoxy) is 1. The van der Waals surface area contributed by atoms with Crippen LogP contribution >= 0.6 is 0 Å². The van der Waals surface area contributed by atoms with Crippen LogP contribution in [0.4, 0.5) is 4.39 Å². The number of Topliss-reactive ketones (excluding diaryl/α,β-unsaturated/α-hetero) is 1. The van der Waals surface area contributed by atoms with Crippen molar-refractivity contribution in [3.05, 3.63) is 65.1 Å². The number of halogens is 1. The van der Waals surface area contributed by atoms with Gasteiger partial charge in [0.1, 0.15) is 50.8 Å². The summed E-state index contributed by atoms with van der Waals surface area (Å²) < 4.78 is 19.0. The van der Waals surface area contributed by atoms with E-state index in [2.05, 4.69) is 4.98 Å². The van der Waals surface area contributed by atoms with Crippen LogP contribution < -0.4 is 14.5 Å². The van der Waals surface area contributed by atoms with E-state index in [9.17, 15) is 9.18 Å². The van der Waals surface area contributed by atoms with Crippen LogP contribution in [0.15, 0.2) is 42.5 Å². The number of para-hydroxylation sites is 1. The number of H-pyrrole nitrogens is 1. The molecule has 2 aromatic carbocycles. The molecule has 29 heavy (non-hydrogen) atoms. The maximum Gasteiger partial charge on any atom is 0.219 e. The highest BCUT2D eigenvalue weighted by Crippen LogP contribution is 2.22. The second-order valence-corrected chi connectivity index (χ2v) is 7.90. The quantitative estimate of drug-likeness (QED) is 0.539. The molecule has 152 valence electrons. The number of aromatic amines is 1. The zero-order valence-corrected chi connectivity index (χ0v) is 17.0. The van der Waals surface area contributed by atoms with Gasteiger partial charge in [-0.3, -0.25) is 4.79 Å². The van der Waals surface area contributed by atoms with Gasteiger partial charge in [-0.1, -0.05) is 18.2 Å². The van der Waals surface area contributed by atoms with Crippen LogP contribution in [0.1, 0.15) is 21.6 Å². The lowest BCUT2D eigenvalue weighted by Gasteiger charge is -2.29. The molecular formula is C23H28FN3O2+2. The maximum atomic E-state index is 13.6. The van der Waals surface area contributed by atoms with Gasteiger partial charge in [0, 0.05) is 16.6 Å². The zero-order chi connectivity index (χ0) is 20.4. The number of aryl methyl sites for hydroxylation is 1. The number of carbonyl (C=O) groups excluding carboxylic acids is 1. The number of rotatable bonds is 6. The Morgan fingerprint density at radius 2 is 1.83 bits per heavy atom. The highest BCUT2D eigenvalue weighted by Gasteiger charge is 2.27. The topological polar surface area (TPSA) is 51.0 Å². The first-order chi connectivity index (χ1) is 14.0. The predicted octanol–water partition coefficient (Wildman–Crippen LogP) is 0.790. The van der Waals surface area contributed by atoms with E-state index >= 15 is 0 Å². The van der Waals surface area contributed by atoms with Gasteiger partial charge >= 0.3 is 0 Å². The molecule has 4 rings (SSSR count). The summed E-state index contributed by atoms with van der Waals surface area (Å²) in [4.78, 5) is 19.0. The third-order valence-electron chi connectivity index (χ3n) is 5.93. The molecule has 5 nitrogen and oxygen atoms in total. The Labute approximate surface area is 170 Å². The fourth-order valence-electron chi connectivity index (χ4n) is 4.42. The summed E-state index contributed by atoms with van der Waals surface area (Å²) in [5, 5.41) is 1.01. The van der Waals surface area contributed by atoms with Crippen LogP contribution in [0.2, 0.25) is 0 Å². The number of hydrogen-bond acceptors (Lipinski definition) is 2. The van der Waals surface area contributed by atoms with E-state index in [1.54, 1.807) is 19.2 Å². The molecule has 0 saturated carbocycles. The van der Waals surface area contributed by atoms with Crippen molar-refractivity contribution in [3.8, 4) is 5.75 Å². The SMILES string of the molecule is COc1ccc(F)cc1C[NH+]1CC[NH+](CC(=O)c2c(C)[nH]c3ccccc23)CC1. The van der Waals surface area contributed by atoms with E-state index in [0.29, 0.717) is 6.54 Å². The van der Waals surface area contributed by atoms with Crippen LogP contribution in [0.3, 0.4) is 0 Å². The number of piperazine rings is 1. The van der Waals surface area contributed by atoms with E-state index in [0.717, 1.165) is 66.2 Å². The van der Waals surface area contributed by atoms with Gasteiger partial charge in [-0.05, 0) is 31.2 Å². The normalized spacial score (nSPS) is 19.4. The minimum atomic E-state index is -0.232. The largest absolute Gasteiger partial charge is 0.496 e. The standard InChI is InChI=1S/C23H26FN3O2/c1-16-23(19-5-3-4-6-20(19)25-16)21(28)15-27-11-9-26(10-12-27)14-17-13-18(24)7-8-22(17)29-2/h3-8,13,25H,9-12,14-15H2,1-2H3/p+2. The second-order valence-electron chi connectivity index (χ2n) is 7.90. The van der Waals surface area contributed by atoms with E-state index in [1.807, 2.05) is 31.2 Å². The number of fused-ring (bicyclic) bond motifs is 1. The minimum absolute atomic E-state index is 0.199. The molecule has 1 aromatic heterocycles. The van der Waals surface area contributed by atoms with Crippen molar-refractivity contribution in [3.63, 3.8) is 0 Å². The molecule has 0 unspecified atom stereocenters. The molecule has 1 saturated heterocycles. The van der Waals surface area contributed by atoms with E-state index in [-0.39, 0.29) is 11.6 Å². The number of nitrogens with one attached hydrogen (secondary N) is 3. The Morgan fingerprint density at radius 1 is 1.10 bits per heavy atom. The molecule has 2 heterocycles. The number of hydrogen-bond donors (Lipinski definition) is 3. The van der Waals surface area contributed by atoms with E-state index in [4.69, 9.17) is 4.74 Å². The maximum absolute atomic E-state index is 13.6. The van der Waals surface area contributed by atoms with Crippen molar-refractivity contribution in [2.24, 2.45) is 0 Å². The van der Waals surface area contributed by atoms with Gasteiger partial charge in [0.05, 0.1) is 18.2 Å². The highest BCUT2D eigenvalue weighted by molar-refractivity contribution is 6.09. The smallest absolute Gasteiger partial charge is 0.219 e. The van der Waals surface area contributed by atoms with Crippen LogP contribution in [-0.2, 0) is 6.54 Å². The lowest BCUT2D eigenvalue weighted by Crippen LogP contribution is -3.27. The molecule has 6 heteroatoms. The monoisotopic (exact) mass is 397 g/mol. The van der Waals surface area contributed by atoms with Gasteiger partial charge in [-0.25, -0.2) is 4.39 Å². The fraction of sp³-hybridized carbons (Fsp3) is 0.348. The first kappa shape index (κ1) is 19.6. The fourth-order valence-corrected chi connectivity index (χ4v) is 4.42. The minimum Gasteiger partial charge on any atom is -0.496 e. The van der Waals surface area contributed by atoms with Crippen molar-refractivity contribution in [2.45, 2.75) is 13.5 Å². The van der Waals surface area contributed by atoms with Crippen molar-refractivity contribution in [1.29, 1.82) is 0 Å². The molecule has 0 spiro atoms. The Morgan fingerprint density at radius 3 is 2.59 bits per heavy atom. The average Bonchev–Trinajstić information content (AvgIpc) is 3.05. The zero-order valence-electron chi connectivity index (χ0n) is 17.0. The number of carbonyl (C=O) groups is 1. The summed E-state index contributed by atoms with van der Waals surface area (Å²) in [6.07, 6.45) is 0. The van der Waals surface area contributed by atoms with E-state index in [1.165, 1.54) is 15.9 Å². The molecule has 1 aliphatic heterocycles. The molecule has 0 amide bonds. The van der Waals surface area contributed by atoms with Crippen molar-refractivity contribution >= 4 is 16.7 Å². The Balaban J connectivity index is 1.37. The van der Waals surface area contributed by atoms with Crippen molar-refractivity contribution in [1.82, 2.24) is 4.98 Å². The Hall–Kier alpha value is -2.70. The van der Waals surface area contributed by atoms with Gasteiger partial charge in [0.15, 0.2) is 0 Å². The summed E-state index contributed by atoms with van der Waals surface area (Å²) in [7, 11) is 1.62. The third kappa shape index (κ3) is 4.18. The molecule has 3 aromatic rings. The lowest BCUT2D eigenvalue weighted by atomic mass is 10.1. The van der Waals surface area contributed by atoms with E-state index < -0.39 is 0 Å². The van der Waals surface area contributed by atoms with Gasteiger partial charge in [-0.2, -0.15) is 0 Å². The highest BCUT2D eigenvalue weighted by atomic mass is 19.1. The number of benzene rings is 2. The predicted molar refractivity (Wildman–Crippen MR) is 110 cm³/mol. The van der Waals surface area contributed by atoms with Crippen LogP contribution in [-0.4, -0.2) is 50.6 Å². The Bertz CT molecular complexity index is 1020. The molecule has 0 atom stereocenters. The van der Waals surface area contributed by atoms with Crippen molar-refractivity contribution in [2.75, 3.05) is 39.8 Å². The molecule has 0 radical (unpaired) electrons. The number of quaternary nitrogens is 2. The number of methoxy groups -OCH3 is 1. The molecule has 0 aliphatic carbocycles. The molecule has 3 N–H and O–H groups in total. The summed E-state index contributed by atoms with van der Waals surface area (Å²) in [6.45, 7) is 6.99. The Kier molecular flexibility index (Phi) is 5.65. The summed E-state index contributed by atoms with van der Waals surface area (Å²) >= 11 is 0. The van der Waals surface area contributed by atoms with Crippen LogP contribution in [0.5, 0.6) is 5.75 Å². The van der Waals surface area contributed by atoms with Gasteiger partial charge in [0.2, 0.25) is 5.78 Å².